The average Bonchev–Trinajstić information content (AvgIpc) is 2.84. The molecule has 1 atom stereocenters. The monoisotopic (exact) mass is 300 g/mol. The van der Waals surface area contributed by atoms with Gasteiger partial charge in [-0.1, -0.05) is 12.1 Å². The molecule has 1 aliphatic heterocycles. The molecular formula is C18H24N2S. The lowest BCUT2D eigenvalue weighted by molar-refractivity contribution is 0.223. The van der Waals surface area contributed by atoms with Crippen LogP contribution in [0.25, 0.3) is 0 Å². The molecule has 1 aromatic carbocycles. The van der Waals surface area contributed by atoms with E-state index in [9.17, 15) is 0 Å². The summed E-state index contributed by atoms with van der Waals surface area (Å²) in [5.74, 6) is 0. The van der Waals surface area contributed by atoms with Crippen molar-refractivity contribution in [1.29, 1.82) is 0 Å². The zero-order chi connectivity index (χ0) is 14.8. The molecule has 112 valence electrons. The van der Waals surface area contributed by atoms with Crippen LogP contribution < -0.4 is 4.90 Å². The summed E-state index contributed by atoms with van der Waals surface area (Å²) < 4.78 is 0. The van der Waals surface area contributed by atoms with E-state index in [1.165, 1.54) is 21.0 Å². The first-order valence-electron chi connectivity index (χ1n) is 7.73. The molecule has 0 amide bonds. The number of nitrogens with zero attached hydrogens (tertiary/aromatic N) is 2. The van der Waals surface area contributed by atoms with Crippen LogP contribution in [-0.4, -0.2) is 30.6 Å². The van der Waals surface area contributed by atoms with Crippen molar-refractivity contribution in [2.45, 2.75) is 33.4 Å². The smallest absolute Gasteiger partial charge is 0.0389 e. The molecule has 3 rings (SSSR count). The highest BCUT2D eigenvalue weighted by molar-refractivity contribution is 7.11. The molecule has 1 aliphatic rings. The summed E-state index contributed by atoms with van der Waals surface area (Å²) >= 11 is 1.93. The number of aryl methyl sites for hydroxylation is 2. The topological polar surface area (TPSA) is 6.48 Å². The molecule has 1 unspecified atom stereocenters. The van der Waals surface area contributed by atoms with Crippen molar-refractivity contribution in [3.05, 3.63) is 51.7 Å². The van der Waals surface area contributed by atoms with Crippen LogP contribution in [0.5, 0.6) is 0 Å². The number of benzene rings is 1. The van der Waals surface area contributed by atoms with Crippen LogP contribution in [0.2, 0.25) is 0 Å². The summed E-state index contributed by atoms with van der Waals surface area (Å²) in [7, 11) is 0. The Labute approximate surface area is 132 Å². The van der Waals surface area contributed by atoms with Crippen LogP contribution in [0.3, 0.4) is 0 Å². The van der Waals surface area contributed by atoms with Gasteiger partial charge in [0, 0.05) is 47.7 Å². The Morgan fingerprint density at radius 3 is 2.67 bits per heavy atom. The predicted molar refractivity (Wildman–Crippen MR) is 92.3 cm³/mol. The van der Waals surface area contributed by atoms with Gasteiger partial charge >= 0.3 is 0 Å². The maximum absolute atomic E-state index is 2.59. The lowest BCUT2D eigenvalue weighted by Gasteiger charge is -2.41. The second kappa shape index (κ2) is 6.20. The molecule has 2 nitrogen and oxygen atoms in total. The number of anilines is 1. The molecule has 0 spiro atoms. The SMILES string of the molecule is Cc1cccc(N2CCN(Cc3ccc(C)s3)CC2C)c1. The molecule has 0 bridgehead atoms. The van der Waals surface area contributed by atoms with E-state index in [4.69, 9.17) is 0 Å². The van der Waals surface area contributed by atoms with Gasteiger partial charge in [-0.15, -0.1) is 11.3 Å². The Balaban J connectivity index is 1.64. The van der Waals surface area contributed by atoms with Gasteiger partial charge < -0.3 is 4.90 Å². The molecule has 0 N–H and O–H groups in total. The number of piperazine rings is 1. The Morgan fingerprint density at radius 2 is 2.00 bits per heavy atom. The fourth-order valence-corrected chi connectivity index (χ4v) is 4.09. The summed E-state index contributed by atoms with van der Waals surface area (Å²) in [6.07, 6.45) is 0. The first kappa shape index (κ1) is 14.6. The van der Waals surface area contributed by atoms with Gasteiger partial charge in [-0.25, -0.2) is 0 Å². The number of thiophene rings is 1. The highest BCUT2D eigenvalue weighted by atomic mass is 32.1. The van der Waals surface area contributed by atoms with E-state index in [1.54, 1.807) is 0 Å². The van der Waals surface area contributed by atoms with Crippen molar-refractivity contribution in [3.63, 3.8) is 0 Å². The number of hydrogen-bond donors (Lipinski definition) is 0. The fourth-order valence-electron chi connectivity index (χ4n) is 3.16. The first-order chi connectivity index (χ1) is 10.1. The second-order valence-electron chi connectivity index (χ2n) is 6.13. The molecule has 1 fully saturated rings. The van der Waals surface area contributed by atoms with Crippen molar-refractivity contribution < 1.29 is 0 Å². The maximum Gasteiger partial charge on any atom is 0.0389 e. The van der Waals surface area contributed by atoms with Gasteiger partial charge in [0.2, 0.25) is 0 Å². The van der Waals surface area contributed by atoms with E-state index in [0.717, 1.165) is 26.2 Å². The highest BCUT2D eigenvalue weighted by Crippen LogP contribution is 2.23. The number of rotatable bonds is 3. The van der Waals surface area contributed by atoms with Gasteiger partial charge in [0.05, 0.1) is 0 Å². The molecule has 21 heavy (non-hydrogen) atoms. The molecule has 1 saturated heterocycles. The Bertz CT molecular complexity index is 605. The zero-order valence-electron chi connectivity index (χ0n) is 13.2. The van der Waals surface area contributed by atoms with Crippen LogP contribution in [-0.2, 0) is 6.54 Å². The van der Waals surface area contributed by atoms with Crippen molar-refractivity contribution in [2.24, 2.45) is 0 Å². The lowest BCUT2D eigenvalue weighted by Crippen LogP contribution is -2.51. The normalized spacial score (nSPS) is 20.0. The van der Waals surface area contributed by atoms with Gasteiger partial charge in [0.15, 0.2) is 0 Å². The molecular weight excluding hydrogens is 276 g/mol. The predicted octanol–water partition coefficient (Wildman–Crippen LogP) is 4.08. The van der Waals surface area contributed by atoms with E-state index < -0.39 is 0 Å². The largest absolute Gasteiger partial charge is 0.366 e. The third-order valence-corrected chi connectivity index (χ3v) is 5.21. The third-order valence-electron chi connectivity index (χ3n) is 4.22. The summed E-state index contributed by atoms with van der Waals surface area (Å²) in [4.78, 5) is 8.03. The van der Waals surface area contributed by atoms with Gasteiger partial charge in [-0.05, 0) is 50.6 Å². The van der Waals surface area contributed by atoms with E-state index in [2.05, 4.69) is 67.0 Å². The quantitative estimate of drug-likeness (QED) is 0.843. The molecule has 0 radical (unpaired) electrons. The van der Waals surface area contributed by atoms with Crippen LogP contribution in [0, 0.1) is 13.8 Å². The number of hydrogen-bond acceptors (Lipinski definition) is 3. The summed E-state index contributed by atoms with van der Waals surface area (Å²) in [6, 6.07) is 13.9. The van der Waals surface area contributed by atoms with Crippen LogP contribution in [0.4, 0.5) is 5.69 Å². The Kier molecular flexibility index (Phi) is 4.32. The molecule has 3 heteroatoms. The van der Waals surface area contributed by atoms with E-state index >= 15 is 0 Å². The van der Waals surface area contributed by atoms with E-state index in [0.29, 0.717) is 6.04 Å². The third kappa shape index (κ3) is 3.47. The minimum atomic E-state index is 0.571. The van der Waals surface area contributed by atoms with Crippen molar-refractivity contribution in [3.8, 4) is 0 Å². The molecule has 2 heterocycles. The maximum atomic E-state index is 2.59. The molecule has 0 aliphatic carbocycles. The standard InChI is InChI=1S/C18H24N2S/c1-14-5-4-6-17(11-14)20-10-9-19(12-15(20)2)13-18-8-7-16(3)21-18/h4-8,11,15H,9-10,12-13H2,1-3H3. The highest BCUT2D eigenvalue weighted by Gasteiger charge is 2.24. The van der Waals surface area contributed by atoms with E-state index in [1.807, 2.05) is 11.3 Å². The minimum absolute atomic E-state index is 0.571. The summed E-state index contributed by atoms with van der Waals surface area (Å²) in [6.45, 7) is 11.2. The second-order valence-corrected chi connectivity index (χ2v) is 7.50. The Morgan fingerprint density at radius 1 is 1.14 bits per heavy atom. The van der Waals surface area contributed by atoms with Gasteiger partial charge in [-0.2, -0.15) is 0 Å². The summed E-state index contributed by atoms with van der Waals surface area (Å²) in [5, 5.41) is 0. The molecule has 2 aromatic rings. The van der Waals surface area contributed by atoms with Gasteiger partial charge in [-0.3, -0.25) is 4.90 Å². The minimum Gasteiger partial charge on any atom is -0.366 e. The Hall–Kier alpha value is -1.32. The molecule has 1 aromatic heterocycles. The van der Waals surface area contributed by atoms with Crippen LogP contribution in [0.15, 0.2) is 36.4 Å². The van der Waals surface area contributed by atoms with E-state index in [-0.39, 0.29) is 0 Å². The van der Waals surface area contributed by atoms with Crippen LogP contribution in [0.1, 0.15) is 22.2 Å². The van der Waals surface area contributed by atoms with Crippen LogP contribution >= 0.6 is 11.3 Å². The first-order valence-corrected chi connectivity index (χ1v) is 8.54. The van der Waals surface area contributed by atoms with Crippen molar-refractivity contribution in [2.75, 3.05) is 24.5 Å². The lowest BCUT2D eigenvalue weighted by atomic mass is 10.1. The van der Waals surface area contributed by atoms with Crippen molar-refractivity contribution in [1.82, 2.24) is 4.90 Å². The van der Waals surface area contributed by atoms with Gasteiger partial charge in [0.1, 0.15) is 0 Å². The van der Waals surface area contributed by atoms with Crippen molar-refractivity contribution >= 4 is 17.0 Å². The summed E-state index contributed by atoms with van der Waals surface area (Å²) in [5.41, 5.74) is 2.71. The van der Waals surface area contributed by atoms with Gasteiger partial charge in [0.25, 0.3) is 0 Å². The molecule has 0 saturated carbocycles. The fraction of sp³-hybridized carbons (Fsp3) is 0.444. The average molecular weight is 300 g/mol. The zero-order valence-corrected chi connectivity index (χ0v) is 14.0.